The fourth-order valence-electron chi connectivity index (χ4n) is 1.91. The standard InChI is InChI=1S/C13H13BrFN3O/c1-13(2)7-18-10(6-19-13)11(14)12(17-18)9-4-3-8(15)5-16-9/h3-5H,6-7H2,1-2H3/i6D2. The van der Waals surface area contributed by atoms with E-state index in [0.29, 0.717) is 28.1 Å². The van der Waals surface area contributed by atoms with Gasteiger partial charge >= 0.3 is 0 Å². The minimum atomic E-state index is -1.97. The Bertz CT molecular complexity index is 700. The van der Waals surface area contributed by atoms with Crippen molar-refractivity contribution in [3.8, 4) is 11.4 Å². The molecular formula is C13H13BrFN3O. The lowest BCUT2D eigenvalue weighted by atomic mass is 10.1. The van der Waals surface area contributed by atoms with Gasteiger partial charge in [-0.05, 0) is 41.9 Å². The Morgan fingerprint density at radius 1 is 1.53 bits per heavy atom. The smallest absolute Gasteiger partial charge is 0.141 e. The van der Waals surface area contributed by atoms with Crippen LogP contribution in [-0.4, -0.2) is 20.4 Å². The number of fused-ring (bicyclic) bond motifs is 1. The van der Waals surface area contributed by atoms with Gasteiger partial charge in [0, 0.05) is 0 Å². The molecule has 0 N–H and O–H groups in total. The van der Waals surface area contributed by atoms with Gasteiger partial charge in [-0.3, -0.25) is 9.67 Å². The van der Waals surface area contributed by atoms with E-state index in [1.807, 2.05) is 0 Å². The van der Waals surface area contributed by atoms with Gasteiger partial charge in [-0.1, -0.05) is 0 Å². The van der Waals surface area contributed by atoms with Gasteiger partial charge in [0.25, 0.3) is 0 Å². The first-order valence-electron chi connectivity index (χ1n) is 6.78. The summed E-state index contributed by atoms with van der Waals surface area (Å²) >= 11 is 3.37. The lowest BCUT2D eigenvalue weighted by Gasteiger charge is -2.30. The summed E-state index contributed by atoms with van der Waals surface area (Å²) in [7, 11) is 0. The molecule has 19 heavy (non-hydrogen) atoms. The second kappa shape index (κ2) is 4.38. The van der Waals surface area contributed by atoms with Crippen molar-refractivity contribution in [1.82, 2.24) is 14.8 Å². The van der Waals surface area contributed by atoms with Crippen LogP contribution in [0.2, 0.25) is 0 Å². The SMILES string of the molecule is [2H]C1([2H])OC(C)(C)Cn2nc(-c3ccc(F)cn3)c(Br)c21. The van der Waals surface area contributed by atoms with Crippen molar-refractivity contribution < 1.29 is 11.9 Å². The second-order valence-electron chi connectivity index (χ2n) is 4.99. The number of ether oxygens (including phenoxy) is 1. The monoisotopic (exact) mass is 327 g/mol. The highest BCUT2D eigenvalue weighted by Gasteiger charge is 2.30. The first-order chi connectivity index (χ1) is 9.70. The van der Waals surface area contributed by atoms with Gasteiger partial charge in [-0.2, -0.15) is 5.10 Å². The Morgan fingerprint density at radius 3 is 3.00 bits per heavy atom. The zero-order chi connectivity index (χ0) is 15.4. The summed E-state index contributed by atoms with van der Waals surface area (Å²) in [6.07, 6.45) is 1.11. The van der Waals surface area contributed by atoms with Crippen LogP contribution < -0.4 is 0 Å². The molecule has 1 aliphatic heterocycles. The predicted molar refractivity (Wildman–Crippen MR) is 72.0 cm³/mol. The summed E-state index contributed by atoms with van der Waals surface area (Å²) in [5.74, 6) is -0.432. The van der Waals surface area contributed by atoms with E-state index >= 15 is 0 Å². The van der Waals surface area contributed by atoms with Crippen LogP contribution in [0.4, 0.5) is 4.39 Å². The highest BCUT2D eigenvalue weighted by molar-refractivity contribution is 9.10. The average Bonchev–Trinajstić information content (AvgIpc) is 2.65. The Labute approximate surface area is 121 Å². The maximum Gasteiger partial charge on any atom is 0.141 e. The fraction of sp³-hybridized carbons (Fsp3) is 0.385. The largest absolute Gasteiger partial charge is 0.367 e. The number of pyridine rings is 1. The van der Waals surface area contributed by atoms with Gasteiger partial charge in [0.05, 0.1) is 43.5 Å². The first kappa shape index (κ1) is 10.5. The average molecular weight is 328 g/mol. The molecule has 3 rings (SSSR count). The van der Waals surface area contributed by atoms with Crippen molar-refractivity contribution in [3.05, 3.63) is 34.3 Å². The third-order valence-corrected chi connectivity index (χ3v) is 3.57. The number of hydrogen-bond acceptors (Lipinski definition) is 3. The molecule has 0 amide bonds. The first-order valence-corrected chi connectivity index (χ1v) is 6.58. The molecule has 0 atom stereocenters. The van der Waals surface area contributed by atoms with Crippen LogP contribution in [0.3, 0.4) is 0 Å². The van der Waals surface area contributed by atoms with Gasteiger partial charge in [0.15, 0.2) is 0 Å². The number of nitrogens with zero attached hydrogens (tertiary/aromatic N) is 3. The maximum atomic E-state index is 13.0. The quantitative estimate of drug-likeness (QED) is 0.807. The van der Waals surface area contributed by atoms with E-state index in [0.717, 1.165) is 6.20 Å². The molecule has 0 radical (unpaired) electrons. The van der Waals surface area contributed by atoms with Crippen LogP contribution in [0.1, 0.15) is 22.3 Å². The second-order valence-corrected chi connectivity index (χ2v) is 5.79. The van der Waals surface area contributed by atoms with Crippen LogP contribution >= 0.6 is 15.9 Å². The van der Waals surface area contributed by atoms with Gasteiger partial charge in [-0.25, -0.2) is 4.39 Å². The molecule has 0 spiro atoms. The number of aromatic nitrogens is 3. The van der Waals surface area contributed by atoms with Gasteiger partial charge < -0.3 is 4.74 Å². The normalized spacial score (nSPS) is 21.5. The lowest BCUT2D eigenvalue weighted by molar-refractivity contribution is -0.0663. The van der Waals surface area contributed by atoms with Crippen LogP contribution in [0, 0.1) is 5.82 Å². The summed E-state index contributed by atoms with van der Waals surface area (Å²) < 4.78 is 36.7. The lowest BCUT2D eigenvalue weighted by Crippen LogP contribution is -2.36. The van der Waals surface area contributed by atoms with E-state index in [-0.39, 0.29) is 0 Å². The van der Waals surface area contributed by atoms with Crippen molar-refractivity contribution in [2.24, 2.45) is 0 Å². The number of rotatable bonds is 1. The molecule has 6 heteroatoms. The van der Waals surface area contributed by atoms with Crippen molar-refractivity contribution in [3.63, 3.8) is 0 Å². The van der Waals surface area contributed by atoms with Gasteiger partial charge in [0.1, 0.15) is 11.5 Å². The van der Waals surface area contributed by atoms with E-state index in [2.05, 4.69) is 26.0 Å². The zero-order valence-corrected chi connectivity index (χ0v) is 12.0. The molecule has 100 valence electrons. The van der Waals surface area contributed by atoms with Gasteiger partial charge in [-0.15, -0.1) is 0 Å². The van der Waals surface area contributed by atoms with Crippen LogP contribution in [-0.2, 0) is 17.8 Å². The predicted octanol–water partition coefficient (Wildman–Crippen LogP) is 3.16. The molecule has 2 aromatic heterocycles. The molecule has 0 aliphatic carbocycles. The summed E-state index contributed by atoms with van der Waals surface area (Å²) in [5.41, 5.74) is 0.576. The third-order valence-electron chi connectivity index (χ3n) is 2.82. The Hall–Kier alpha value is -1.27. The number of hydrogen-bond donors (Lipinski definition) is 0. The van der Waals surface area contributed by atoms with Crippen LogP contribution in [0.15, 0.2) is 22.8 Å². The molecule has 0 fully saturated rings. The van der Waals surface area contributed by atoms with Crippen LogP contribution in [0.25, 0.3) is 11.4 Å². The van der Waals surface area contributed by atoms with Gasteiger partial charge in [0.2, 0.25) is 0 Å². The Balaban J connectivity index is 2.15. The van der Waals surface area contributed by atoms with Crippen molar-refractivity contribution in [2.45, 2.75) is 32.6 Å². The molecule has 0 aromatic carbocycles. The highest BCUT2D eigenvalue weighted by Crippen LogP contribution is 2.34. The van der Waals surface area contributed by atoms with E-state index in [1.165, 1.54) is 12.1 Å². The van der Waals surface area contributed by atoms with E-state index in [4.69, 9.17) is 7.48 Å². The van der Waals surface area contributed by atoms with Crippen LogP contribution in [0.5, 0.6) is 0 Å². The van der Waals surface area contributed by atoms with Crippen molar-refractivity contribution >= 4 is 15.9 Å². The summed E-state index contributed by atoms with van der Waals surface area (Å²) in [6.45, 7) is 2.06. The minimum Gasteiger partial charge on any atom is -0.367 e. The van der Waals surface area contributed by atoms with E-state index in [9.17, 15) is 4.39 Å². The minimum absolute atomic E-state index is 0.308. The molecule has 2 aromatic rings. The molecule has 4 nitrogen and oxygen atoms in total. The maximum absolute atomic E-state index is 13.0. The molecule has 0 saturated carbocycles. The number of halogens is 2. The Morgan fingerprint density at radius 2 is 2.32 bits per heavy atom. The topological polar surface area (TPSA) is 39.9 Å². The summed E-state index contributed by atoms with van der Waals surface area (Å²) in [6, 6.07) is 2.80. The molecule has 1 aliphatic rings. The summed E-state index contributed by atoms with van der Waals surface area (Å²) in [5, 5.41) is 4.41. The molecule has 0 bridgehead atoms. The van der Waals surface area contributed by atoms with Crippen molar-refractivity contribution in [1.29, 1.82) is 0 Å². The molecule has 3 heterocycles. The molecular weight excluding hydrogens is 313 g/mol. The molecule has 0 unspecified atom stereocenters. The fourth-order valence-corrected chi connectivity index (χ4v) is 2.48. The third kappa shape index (κ3) is 2.30. The summed E-state index contributed by atoms with van der Waals surface area (Å²) in [4.78, 5) is 3.99. The highest BCUT2D eigenvalue weighted by atomic mass is 79.9. The van der Waals surface area contributed by atoms with E-state index in [1.54, 1.807) is 18.5 Å². The molecule has 0 saturated heterocycles. The Kier molecular flexibility index (Phi) is 2.42. The zero-order valence-electron chi connectivity index (χ0n) is 12.4. The van der Waals surface area contributed by atoms with E-state index < -0.39 is 18.0 Å². The van der Waals surface area contributed by atoms with Crippen molar-refractivity contribution in [2.75, 3.05) is 0 Å².